The molecule has 3 atom stereocenters. The molecular weight excluding hydrogens is 296 g/mol. The molecule has 3 aliphatic rings. The summed E-state index contributed by atoms with van der Waals surface area (Å²) in [6, 6.07) is -1.06. The summed E-state index contributed by atoms with van der Waals surface area (Å²) in [5.74, 6) is -0.667. The minimum Gasteiger partial charge on any atom is -0.480 e. The number of aliphatic carboxylic acids is 1. The van der Waals surface area contributed by atoms with Gasteiger partial charge in [0.15, 0.2) is 9.84 Å². The molecule has 1 N–H and O–H groups in total. The van der Waals surface area contributed by atoms with Crippen molar-refractivity contribution in [2.24, 2.45) is 11.8 Å². The van der Waals surface area contributed by atoms with E-state index in [9.17, 15) is 23.1 Å². The van der Waals surface area contributed by atoms with Crippen LogP contribution < -0.4 is 0 Å². The molecular formula is C13H20N2O5S. The van der Waals surface area contributed by atoms with Crippen molar-refractivity contribution in [3.05, 3.63) is 0 Å². The van der Waals surface area contributed by atoms with Crippen molar-refractivity contribution in [2.75, 3.05) is 31.1 Å². The second kappa shape index (κ2) is 5.15. The first kappa shape index (κ1) is 14.6. The van der Waals surface area contributed by atoms with Crippen LogP contribution in [-0.4, -0.2) is 72.5 Å². The van der Waals surface area contributed by atoms with Crippen LogP contribution in [0.3, 0.4) is 0 Å². The van der Waals surface area contributed by atoms with E-state index < -0.39 is 21.8 Å². The number of nitrogens with zero attached hydrogens (tertiary/aromatic N) is 2. The van der Waals surface area contributed by atoms with Gasteiger partial charge in [-0.15, -0.1) is 0 Å². The summed E-state index contributed by atoms with van der Waals surface area (Å²) in [7, 11) is -3.05. The Bertz CT molecular complexity index is 547. The number of urea groups is 1. The van der Waals surface area contributed by atoms with Crippen molar-refractivity contribution in [2.45, 2.75) is 25.3 Å². The molecule has 3 fully saturated rings. The lowest BCUT2D eigenvalue weighted by atomic mass is 9.94. The molecule has 3 unspecified atom stereocenters. The highest BCUT2D eigenvalue weighted by molar-refractivity contribution is 7.91. The van der Waals surface area contributed by atoms with E-state index in [1.165, 1.54) is 9.80 Å². The fourth-order valence-electron chi connectivity index (χ4n) is 3.90. The van der Waals surface area contributed by atoms with Gasteiger partial charge in [-0.2, -0.15) is 0 Å². The molecule has 0 bridgehead atoms. The van der Waals surface area contributed by atoms with Crippen molar-refractivity contribution >= 4 is 21.8 Å². The van der Waals surface area contributed by atoms with E-state index in [1.807, 2.05) is 0 Å². The van der Waals surface area contributed by atoms with E-state index >= 15 is 0 Å². The third-order valence-corrected chi connectivity index (χ3v) is 6.61. The zero-order chi connectivity index (χ0) is 15.2. The van der Waals surface area contributed by atoms with Crippen molar-refractivity contribution in [1.29, 1.82) is 0 Å². The van der Waals surface area contributed by atoms with Crippen molar-refractivity contribution in [3.63, 3.8) is 0 Å². The molecule has 2 heterocycles. The number of hydrogen-bond donors (Lipinski definition) is 1. The molecule has 7 nitrogen and oxygen atoms in total. The Morgan fingerprint density at radius 1 is 1.10 bits per heavy atom. The van der Waals surface area contributed by atoms with Crippen molar-refractivity contribution in [3.8, 4) is 0 Å². The summed E-state index contributed by atoms with van der Waals surface area (Å²) in [6.45, 7) is 0.822. The zero-order valence-electron chi connectivity index (χ0n) is 11.8. The van der Waals surface area contributed by atoms with E-state index in [0.717, 1.165) is 19.3 Å². The molecule has 0 spiro atoms. The molecule has 118 valence electrons. The average molecular weight is 316 g/mol. The molecule has 1 saturated carbocycles. The van der Waals surface area contributed by atoms with Crippen LogP contribution in [-0.2, 0) is 14.6 Å². The fourth-order valence-corrected chi connectivity index (χ4v) is 5.11. The fraction of sp³-hybridized carbons (Fsp3) is 0.846. The van der Waals surface area contributed by atoms with Gasteiger partial charge in [0, 0.05) is 19.6 Å². The first-order chi connectivity index (χ1) is 9.89. The van der Waals surface area contributed by atoms with Gasteiger partial charge >= 0.3 is 12.0 Å². The van der Waals surface area contributed by atoms with Gasteiger partial charge in [0.2, 0.25) is 0 Å². The van der Waals surface area contributed by atoms with E-state index in [2.05, 4.69) is 0 Å². The van der Waals surface area contributed by atoms with Crippen LogP contribution in [0.4, 0.5) is 4.79 Å². The molecule has 2 saturated heterocycles. The second-order valence-corrected chi connectivity index (χ2v) is 8.52. The molecule has 21 heavy (non-hydrogen) atoms. The smallest absolute Gasteiger partial charge is 0.326 e. The van der Waals surface area contributed by atoms with Gasteiger partial charge in [0.05, 0.1) is 11.5 Å². The Balaban J connectivity index is 1.73. The van der Waals surface area contributed by atoms with E-state index in [1.54, 1.807) is 0 Å². The van der Waals surface area contributed by atoms with Gasteiger partial charge in [0.25, 0.3) is 0 Å². The van der Waals surface area contributed by atoms with Crippen molar-refractivity contribution in [1.82, 2.24) is 9.80 Å². The summed E-state index contributed by atoms with van der Waals surface area (Å²) in [6.07, 6.45) is 2.87. The maximum Gasteiger partial charge on any atom is 0.326 e. The van der Waals surface area contributed by atoms with Crippen LogP contribution >= 0.6 is 0 Å². The van der Waals surface area contributed by atoms with Gasteiger partial charge in [-0.05, 0) is 24.7 Å². The monoisotopic (exact) mass is 316 g/mol. The van der Waals surface area contributed by atoms with Gasteiger partial charge in [0.1, 0.15) is 6.04 Å². The van der Waals surface area contributed by atoms with Crippen LogP contribution in [0.2, 0.25) is 0 Å². The quantitative estimate of drug-likeness (QED) is 0.736. The summed E-state index contributed by atoms with van der Waals surface area (Å²) in [4.78, 5) is 27.0. The zero-order valence-corrected chi connectivity index (χ0v) is 12.6. The van der Waals surface area contributed by atoms with E-state index in [0.29, 0.717) is 6.54 Å². The lowest BCUT2D eigenvalue weighted by Gasteiger charge is -2.33. The molecule has 3 rings (SSSR count). The maximum absolute atomic E-state index is 12.6. The van der Waals surface area contributed by atoms with Crippen LogP contribution in [0.5, 0.6) is 0 Å². The Morgan fingerprint density at radius 3 is 2.38 bits per heavy atom. The number of fused-ring (bicyclic) bond motifs is 1. The standard InChI is InChI=1S/C13H20N2O5S/c16-12(17)11-10-3-1-2-9(10)8-15(11)13(18)14-4-6-21(19,20)7-5-14/h9-11H,1-8H2,(H,16,17). The largest absolute Gasteiger partial charge is 0.480 e. The SMILES string of the molecule is O=C(O)C1C2CCCC2CN1C(=O)N1CCS(=O)(=O)CC1. The van der Waals surface area contributed by atoms with E-state index in [-0.39, 0.29) is 42.5 Å². The minimum atomic E-state index is -3.05. The number of carbonyl (C=O) groups is 2. The second-order valence-electron chi connectivity index (χ2n) is 6.21. The highest BCUT2D eigenvalue weighted by atomic mass is 32.2. The molecule has 1 aliphatic carbocycles. The van der Waals surface area contributed by atoms with E-state index in [4.69, 9.17) is 0 Å². The number of rotatable bonds is 1. The Hall–Kier alpha value is -1.31. The molecule has 0 radical (unpaired) electrons. The van der Waals surface area contributed by atoms with Crippen LogP contribution in [0.15, 0.2) is 0 Å². The Kier molecular flexibility index (Phi) is 3.59. The van der Waals surface area contributed by atoms with Crippen LogP contribution in [0, 0.1) is 11.8 Å². The summed E-state index contributed by atoms with van der Waals surface area (Å²) in [5, 5.41) is 9.45. The number of carboxylic acid groups (broad SMARTS) is 1. The highest BCUT2D eigenvalue weighted by Gasteiger charge is 2.50. The number of amides is 2. The summed E-state index contributed by atoms with van der Waals surface area (Å²) in [5.41, 5.74) is 0. The Morgan fingerprint density at radius 2 is 1.76 bits per heavy atom. The number of carbonyl (C=O) groups excluding carboxylic acids is 1. The first-order valence-electron chi connectivity index (χ1n) is 7.38. The number of likely N-dealkylation sites (tertiary alicyclic amines) is 1. The molecule has 0 aromatic carbocycles. The molecule has 0 aromatic heterocycles. The lowest BCUT2D eigenvalue weighted by Crippen LogP contribution is -2.53. The minimum absolute atomic E-state index is 0.0306. The lowest BCUT2D eigenvalue weighted by molar-refractivity contribution is -0.142. The topological polar surface area (TPSA) is 95.0 Å². The van der Waals surface area contributed by atoms with Gasteiger partial charge in [-0.25, -0.2) is 18.0 Å². The average Bonchev–Trinajstić information content (AvgIpc) is 2.96. The predicted octanol–water partition coefficient (Wildman–Crippen LogP) is 0.0219. The highest BCUT2D eigenvalue weighted by Crippen LogP contribution is 2.42. The van der Waals surface area contributed by atoms with Gasteiger partial charge in [-0.3, -0.25) is 0 Å². The van der Waals surface area contributed by atoms with Crippen LogP contribution in [0.25, 0.3) is 0 Å². The van der Waals surface area contributed by atoms with Gasteiger partial charge in [-0.1, -0.05) is 6.42 Å². The van der Waals surface area contributed by atoms with Crippen LogP contribution in [0.1, 0.15) is 19.3 Å². The van der Waals surface area contributed by atoms with Crippen molar-refractivity contribution < 1.29 is 23.1 Å². The molecule has 2 amide bonds. The predicted molar refractivity (Wildman–Crippen MR) is 74.6 cm³/mol. The first-order valence-corrected chi connectivity index (χ1v) is 9.20. The normalized spacial score (nSPS) is 34.8. The molecule has 8 heteroatoms. The Labute approximate surface area is 123 Å². The number of hydrogen-bond acceptors (Lipinski definition) is 4. The molecule has 0 aromatic rings. The van der Waals surface area contributed by atoms with Gasteiger partial charge < -0.3 is 14.9 Å². The number of carboxylic acids is 1. The summed E-state index contributed by atoms with van der Waals surface area (Å²) >= 11 is 0. The maximum atomic E-state index is 12.6. The molecule has 2 aliphatic heterocycles. The number of sulfone groups is 1. The third-order valence-electron chi connectivity index (χ3n) is 5.00. The summed E-state index contributed by atoms with van der Waals surface area (Å²) < 4.78 is 22.9. The third kappa shape index (κ3) is 2.61.